The second-order valence-electron chi connectivity index (χ2n) is 17.8. The minimum absolute atomic E-state index is 1.10. The summed E-state index contributed by atoms with van der Waals surface area (Å²) in [5.41, 5.74) is 14.6. The molecule has 0 aliphatic carbocycles. The van der Waals surface area contributed by atoms with E-state index in [1.54, 1.807) is 0 Å². The van der Waals surface area contributed by atoms with Crippen LogP contribution in [0.15, 0.2) is 259 Å². The zero-order chi connectivity index (χ0) is 47.2. The van der Waals surface area contributed by atoms with Crippen LogP contribution in [0.25, 0.3) is 34.9 Å². The lowest BCUT2D eigenvalue weighted by Gasteiger charge is -2.34. The van der Waals surface area contributed by atoms with E-state index in [0.717, 1.165) is 4.47 Å². The topological polar surface area (TPSA) is 9.23 Å². The van der Waals surface area contributed by atoms with Crippen molar-refractivity contribution in [1.29, 1.82) is 0 Å². The molecule has 0 aliphatic heterocycles. The smallest absolute Gasteiger partial charge is 0.206 e. The Morgan fingerprint density at radius 3 is 0.721 bits per heavy atom. The Morgan fingerprint density at radius 2 is 0.500 bits per heavy atom. The molecule has 0 saturated heterocycles. The molecule has 0 amide bonds. The molecule has 0 spiro atoms. The third-order valence-electron chi connectivity index (χ3n) is 12.0. The van der Waals surface area contributed by atoms with Crippen LogP contribution < -0.4 is 10.4 Å². The first-order valence-electron chi connectivity index (χ1n) is 23.3. The largest absolute Gasteiger partial charge is 0.449 e. The molecule has 9 aromatic rings. The summed E-state index contributed by atoms with van der Waals surface area (Å²) in [5, 5.41) is 2.62. The second-order valence-corrected chi connectivity index (χ2v) is 26.7. The second kappa shape index (κ2) is 22.7. The number of hydrogen-bond donors (Lipinski definition) is 0. The van der Waals surface area contributed by atoms with E-state index in [2.05, 4.69) is 303 Å². The first-order chi connectivity index (χ1) is 33.1. The average Bonchev–Trinajstić information content (AvgIpc) is 3.39. The molecule has 334 valence electrons. The molecule has 0 N–H and O–H groups in total. The van der Waals surface area contributed by atoms with E-state index >= 15 is 0 Å². The van der Waals surface area contributed by atoms with E-state index in [1.807, 2.05) is 12.1 Å². The lowest BCUT2D eigenvalue weighted by Crippen LogP contribution is -2.57. The third kappa shape index (κ3) is 12.7. The molecule has 4 heteroatoms. The summed E-state index contributed by atoms with van der Waals surface area (Å²) >= 11 is 3.48. The van der Waals surface area contributed by atoms with E-state index in [1.165, 1.54) is 77.2 Å². The van der Waals surface area contributed by atoms with Gasteiger partial charge in [-0.05, 0) is 134 Å². The molecule has 68 heavy (non-hydrogen) atoms. The standard InChI is InChI=1S/C44H42OSi2.C20H15Br/c1-46(2,41-29-25-35(26-30-41)33-43(37-17-9-5-10-18-37)38-19-11-6-12-20-38)45-47(3,4)42-31-27-36(28-32-42)34-44(39-21-13-7-14-22-39)40-23-15-8-16-24-40;21-19-13-11-16(12-14-19)15-20(17-7-3-1-4-8-17)18-9-5-2-6-10-18/h5-34H,1-4H3;1-15H. The Kier molecular flexibility index (Phi) is 15.9. The fraction of sp³-hybridized carbons (Fsp3) is 0.0625. The van der Waals surface area contributed by atoms with Crippen molar-refractivity contribution >= 4 is 77.9 Å². The van der Waals surface area contributed by atoms with Crippen LogP contribution in [-0.2, 0) is 4.12 Å². The van der Waals surface area contributed by atoms with Gasteiger partial charge in [-0.2, -0.15) is 0 Å². The van der Waals surface area contributed by atoms with Crippen molar-refractivity contribution in [3.63, 3.8) is 0 Å². The summed E-state index contributed by atoms with van der Waals surface area (Å²) < 4.78 is 8.26. The molecular weight excluding hydrogens is 921 g/mol. The maximum Gasteiger partial charge on any atom is 0.206 e. The summed E-state index contributed by atoms with van der Waals surface area (Å²) in [6.07, 6.45) is 6.82. The van der Waals surface area contributed by atoms with Gasteiger partial charge in [-0.3, -0.25) is 0 Å². The maximum atomic E-state index is 7.16. The minimum Gasteiger partial charge on any atom is -0.449 e. The molecule has 0 atom stereocenters. The predicted molar refractivity (Wildman–Crippen MR) is 302 cm³/mol. The highest BCUT2D eigenvalue weighted by Crippen LogP contribution is 2.29. The Hall–Kier alpha value is -6.93. The normalized spacial score (nSPS) is 11.1. The van der Waals surface area contributed by atoms with Crippen LogP contribution in [0, 0.1) is 0 Å². The van der Waals surface area contributed by atoms with Gasteiger partial charge in [0.1, 0.15) is 0 Å². The SMILES string of the molecule is Brc1ccc(C=C(c2ccccc2)c2ccccc2)cc1.C[Si](C)(O[Si](C)(C)c1ccc(C=C(c2ccccc2)c2ccccc2)cc1)c1ccc(C=C(c2ccccc2)c2ccccc2)cc1. The van der Waals surface area contributed by atoms with E-state index < -0.39 is 16.6 Å². The van der Waals surface area contributed by atoms with Gasteiger partial charge in [0, 0.05) is 4.47 Å². The van der Waals surface area contributed by atoms with Crippen molar-refractivity contribution in [1.82, 2.24) is 0 Å². The van der Waals surface area contributed by atoms with Crippen LogP contribution in [-0.4, -0.2) is 16.6 Å². The van der Waals surface area contributed by atoms with Gasteiger partial charge < -0.3 is 4.12 Å². The summed E-state index contributed by atoms with van der Waals surface area (Å²) in [7, 11) is -4.37. The zero-order valence-corrected chi connectivity index (χ0v) is 42.9. The van der Waals surface area contributed by atoms with Gasteiger partial charge in [-0.15, -0.1) is 0 Å². The van der Waals surface area contributed by atoms with Crippen molar-refractivity contribution in [3.8, 4) is 0 Å². The van der Waals surface area contributed by atoms with Crippen molar-refractivity contribution in [3.05, 3.63) is 309 Å². The minimum atomic E-state index is -2.19. The van der Waals surface area contributed by atoms with Gasteiger partial charge in [0.15, 0.2) is 0 Å². The number of benzene rings is 9. The highest BCUT2D eigenvalue weighted by Gasteiger charge is 2.36. The highest BCUT2D eigenvalue weighted by atomic mass is 79.9. The van der Waals surface area contributed by atoms with Crippen LogP contribution in [0.1, 0.15) is 50.1 Å². The number of rotatable bonds is 13. The Labute approximate surface area is 414 Å². The third-order valence-corrected chi connectivity index (χ3v) is 20.1. The summed E-state index contributed by atoms with van der Waals surface area (Å²) in [6.45, 7) is 9.31. The van der Waals surface area contributed by atoms with Gasteiger partial charge in [0.05, 0.1) is 0 Å². The van der Waals surface area contributed by atoms with E-state index in [-0.39, 0.29) is 0 Å². The lowest BCUT2D eigenvalue weighted by atomic mass is 9.96. The van der Waals surface area contributed by atoms with Gasteiger partial charge in [-0.25, -0.2) is 0 Å². The number of hydrogen-bond acceptors (Lipinski definition) is 1. The van der Waals surface area contributed by atoms with E-state index in [4.69, 9.17) is 4.12 Å². The molecule has 0 aliphatic rings. The van der Waals surface area contributed by atoms with Crippen LogP contribution in [0.4, 0.5) is 0 Å². The molecule has 0 bridgehead atoms. The molecule has 9 aromatic carbocycles. The molecule has 9 rings (SSSR count). The molecule has 0 saturated carbocycles. The summed E-state index contributed by atoms with van der Waals surface area (Å²) in [4.78, 5) is 0. The van der Waals surface area contributed by atoms with Crippen LogP contribution in [0.5, 0.6) is 0 Å². The highest BCUT2D eigenvalue weighted by molar-refractivity contribution is 9.10. The number of halogens is 1. The quantitative estimate of drug-likeness (QED) is 0.0826. The summed E-state index contributed by atoms with van der Waals surface area (Å²) in [5.74, 6) is 0. The molecular formula is C64H57BrOSi2. The average molecular weight is 978 g/mol. The predicted octanol–water partition coefficient (Wildman–Crippen LogP) is 16.4. The lowest BCUT2D eigenvalue weighted by molar-refractivity contribution is 0.573. The fourth-order valence-electron chi connectivity index (χ4n) is 8.48. The molecule has 0 unspecified atom stereocenters. The zero-order valence-electron chi connectivity index (χ0n) is 39.3. The molecule has 0 heterocycles. The van der Waals surface area contributed by atoms with Crippen LogP contribution in [0.2, 0.25) is 26.2 Å². The maximum absolute atomic E-state index is 7.16. The molecule has 0 radical (unpaired) electrons. The Balaban J connectivity index is 0.000000247. The van der Waals surface area contributed by atoms with Gasteiger partial charge in [0.2, 0.25) is 16.6 Å². The molecule has 0 aromatic heterocycles. The van der Waals surface area contributed by atoms with Gasteiger partial charge >= 0.3 is 0 Å². The van der Waals surface area contributed by atoms with E-state index in [9.17, 15) is 0 Å². The van der Waals surface area contributed by atoms with Crippen molar-refractivity contribution < 1.29 is 4.12 Å². The first-order valence-corrected chi connectivity index (χ1v) is 29.9. The fourth-order valence-corrected chi connectivity index (χ4v) is 16.7. The van der Waals surface area contributed by atoms with Crippen molar-refractivity contribution in [2.75, 3.05) is 0 Å². The molecule has 1 nitrogen and oxygen atoms in total. The van der Waals surface area contributed by atoms with Crippen LogP contribution >= 0.6 is 15.9 Å². The first kappa shape index (κ1) is 47.6. The summed E-state index contributed by atoms with van der Waals surface area (Å²) in [6, 6.07) is 90.0. The van der Waals surface area contributed by atoms with Crippen molar-refractivity contribution in [2.24, 2.45) is 0 Å². The molecule has 0 fully saturated rings. The van der Waals surface area contributed by atoms with Gasteiger partial charge in [0.25, 0.3) is 0 Å². The van der Waals surface area contributed by atoms with Crippen LogP contribution in [0.3, 0.4) is 0 Å². The monoisotopic (exact) mass is 976 g/mol. The van der Waals surface area contributed by atoms with Gasteiger partial charge in [-0.1, -0.05) is 259 Å². The van der Waals surface area contributed by atoms with Crippen molar-refractivity contribution in [2.45, 2.75) is 26.2 Å². The Bertz CT molecular complexity index is 2790. The van der Waals surface area contributed by atoms with E-state index in [0.29, 0.717) is 0 Å². The Morgan fingerprint density at radius 1 is 0.294 bits per heavy atom.